The Hall–Kier alpha value is -1.35. The molecule has 1 aliphatic heterocycles. The molecule has 0 radical (unpaired) electrons. The number of amides is 1. The number of nitrogens with zero attached hydrogens (tertiary/aromatic N) is 1. The van der Waals surface area contributed by atoms with E-state index in [0.717, 1.165) is 25.9 Å². The molecule has 1 aromatic rings. The number of hydrogen-bond acceptors (Lipinski definition) is 2. The Balaban J connectivity index is 1.64. The van der Waals surface area contributed by atoms with Gasteiger partial charge in [0.1, 0.15) is 0 Å². The summed E-state index contributed by atoms with van der Waals surface area (Å²) < 4.78 is 0. The van der Waals surface area contributed by atoms with Crippen LogP contribution in [0.2, 0.25) is 0 Å². The van der Waals surface area contributed by atoms with Crippen molar-refractivity contribution in [1.29, 1.82) is 0 Å². The average molecular weight is 259 g/mol. The highest BCUT2D eigenvalue weighted by Gasteiger charge is 2.47. The smallest absolute Gasteiger partial charge is 0.226 e. The minimum atomic E-state index is 0.179. The van der Waals surface area contributed by atoms with Crippen LogP contribution in [0.1, 0.15) is 29.9 Å². The summed E-state index contributed by atoms with van der Waals surface area (Å²) in [6, 6.07) is 8.37. The van der Waals surface area contributed by atoms with Crippen LogP contribution in [-0.2, 0) is 4.79 Å². The van der Waals surface area contributed by atoms with Crippen LogP contribution in [-0.4, -0.2) is 35.6 Å². The normalized spacial score (nSPS) is 29.6. The molecule has 2 aliphatic rings. The molecule has 3 heteroatoms. The molecule has 0 bridgehead atoms. The second-order valence-electron chi connectivity index (χ2n) is 5.93. The lowest BCUT2D eigenvalue weighted by Crippen LogP contribution is -2.30. The van der Waals surface area contributed by atoms with Crippen LogP contribution in [0.3, 0.4) is 0 Å². The van der Waals surface area contributed by atoms with Gasteiger partial charge in [-0.3, -0.25) is 4.79 Å². The number of rotatable bonds is 3. The van der Waals surface area contributed by atoms with E-state index in [2.05, 4.69) is 25.1 Å². The summed E-state index contributed by atoms with van der Waals surface area (Å²) in [5.74, 6) is 1.18. The van der Waals surface area contributed by atoms with Crippen molar-refractivity contribution in [2.75, 3.05) is 19.7 Å². The van der Waals surface area contributed by atoms with Crippen molar-refractivity contribution in [3.8, 4) is 0 Å². The van der Waals surface area contributed by atoms with E-state index in [0.29, 0.717) is 17.7 Å². The first kappa shape index (κ1) is 12.7. The van der Waals surface area contributed by atoms with Gasteiger partial charge in [-0.15, -0.1) is 0 Å². The number of likely N-dealkylation sites (tertiary alicyclic amines) is 1. The maximum atomic E-state index is 12.4. The van der Waals surface area contributed by atoms with E-state index < -0.39 is 0 Å². The fraction of sp³-hybridized carbons (Fsp3) is 0.562. The summed E-state index contributed by atoms with van der Waals surface area (Å²) in [6.07, 6.45) is 1.94. The third-order valence-electron chi connectivity index (χ3n) is 4.55. The molecule has 1 N–H and O–H groups in total. The molecule has 3 nitrogen and oxygen atoms in total. The van der Waals surface area contributed by atoms with Gasteiger partial charge in [-0.1, -0.05) is 24.3 Å². The Labute approximate surface area is 114 Å². The molecule has 1 saturated heterocycles. The molecule has 102 valence electrons. The lowest BCUT2D eigenvalue weighted by atomic mass is 10.0. The van der Waals surface area contributed by atoms with Gasteiger partial charge < -0.3 is 10.0 Å². The zero-order valence-corrected chi connectivity index (χ0v) is 11.4. The Morgan fingerprint density at radius 2 is 2.21 bits per heavy atom. The second kappa shape index (κ2) is 4.97. The van der Waals surface area contributed by atoms with Gasteiger partial charge in [-0.25, -0.2) is 0 Å². The van der Waals surface area contributed by atoms with Gasteiger partial charge in [0.05, 0.1) is 0 Å². The molecule has 3 rings (SSSR count). The lowest BCUT2D eigenvalue weighted by molar-refractivity contribution is -0.131. The van der Waals surface area contributed by atoms with Crippen LogP contribution in [0.15, 0.2) is 24.3 Å². The maximum absolute atomic E-state index is 12.4. The van der Waals surface area contributed by atoms with E-state index in [1.807, 2.05) is 11.0 Å². The monoisotopic (exact) mass is 259 g/mol. The first-order chi connectivity index (χ1) is 9.20. The fourth-order valence-electron chi connectivity index (χ4n) is 3.23. The molecule has 1 heterocycles. The third-order valence-corrected chi connectivity index (χ3v) is 4.55. The molecular formula is C16H21NO2. The Bertz CT molecular complexity index is 485. The first-order valence-corrected chi connectivity index (χ1v) is 7.16. The number of hydrogen-bond donors (Lipinski definition) is 1. The zero-order valence-electron chi connectivity index (χ0n) is 11.4. The highest BCUT2D eigenvalue weighted by Crippen LogP contribution is 2.49. The van der Waals surface area contributed by atoms with Gasteiger partial charge in [0.25, 0.3) is 0 Å². The number of carbonyl (C=O) groups is 1. The van der Waals surface area contributed by atoms with Gasteiger partial charge >= 0.3 is 0 Å². The predicted molar refractivity (Wildman–Crippen MR) is 73.8 cm³/mol. The quantitative estimate of drug-likeness (QED) is 0.901. The largest absolute Gasteiger partial charge is 0.396 e. The topological polar surface area (TPSA) is 40.5 Å². The molecular weight excluding hydrogens is 238 g/mol. The van der Waals surface area contributed by atoms with Crippen LogP contribution in [0, 0.1) is 18.8 Å². The standard InChI is InChI=1S/C16H21NO2/c1-11-4-2-3-5-13(11)14-8-15(14)16(19)17-7-6-12(9-17)10-18/h2-5,12,14-15,18H,6-10H2,1H3. The van der Waals surface area contributed by atoms with Crippen molar-refractivity contribution in [2.24, 2.45) is 11.8 Å². The predicted octanol–water partition coefficient (Wildman–Crippen LogP) is 1.94. The van der Waals surface area contributed by atoms with Crippen molar-refractivity contribution in [3.63, 3.8) is 0 Å². The first-order valence-electron chi connectivity index (χ1n) is 7.16. The minimum absolute atomic E-state index is 0.179. The number of carbonyl (C=O) groups excluding carboxylic acids is 1. The van der Waals surface area contributed by atoms with Gasteiger partial charge in [-0.2, -0.15) is 0 Å². The summed E-state index contributed by atoms with van der Waals surface area (Å²) in [5.41, 5.74) is 2.62. The Morgan fingerprint density at radius 3 is 2.89 bits per heavy atom. The highest BCUT2D eigenvalue weighted by atomic mass is 16.3. The number of benzene rings is 1. The minimum Gasteiger partial charge on any atom is -0.396 e. The van der Waals surface area contributed by atoms with Crippen LogP contribution in [0.25, 0.3) is 0 Å². The SMILES string of the molecule is Cc1ccccc1C1CC1C(=O)N1CCC(CO)C1. The molecule has 19 heavy (non-hydrogen) atoms. The van der Waals surface area contributed by atoms with E-state index >= 15 is 0 Å². The zero-order chi connectivity index (χ0) is 13.4. The van der Waals surface area contributed by atoms with Crippen LogP contribution in [0.5, 0.6) is 0 Å². The summed E-state index contributed by atoms with van der Waals surface area (Å²) in [4.78, 5) is 14.4. The number of aryl methyl sites for hydroxylation is 1. The van der Waals surface area contributed by atoms with Gasteiger partial charge in [-0.05, 0) is 36.8 Å². The average Bonchev–Trinajstić information content (AvgIpc) is 3.07. The summed E-state index contributed by atoms with van der Waals surface area (Å²) in [5, 5.41) is 9.15. The van der Waals surface area contributed by atoms with Gasteiger partial charge in [0, 0.05) is 31.5 Å². The number of aliphatic hydroxyl groups excluding tert-OH is 1. The van der Waals surface area contributed by atoms with Gasteiger partial charge in [0.2, 0.25) is 5.91 Å². The highest BCUT2D eigenvalue weighted by molar-refractivity contribution is 5.83. The van der Waals surface area contributed by atoms with E-state index in [-0.39, 0.29) is 12.5 Å². The maximum Gasteiger partial charge on any atom is 0.226 e. The summed E-state index contributed by atoms with van der Waals surface area (Å²) in [7, 11) is 0. The molecule has 3 unspecified atom stereocenters. The van der Waals surface area contributed by atoms with E-state index in [1.54, 1.807) is 0 Å². The van der Waals surface area contributed by atoms with E-state index in [4.69, 9.17) is 5.11 Å². The molecule has 2 fully saturated rings. The molecule has 3 atom stereocenters. The van der Waals surface area contributed by atoms with Crippen molar-refractivity contribution in [3.05, 3.63) is 35.4 Å². The Morgan fingerprint density at radius 1 is 1.42 bits per heavy atom. The van der Waals surface area contributed by atoms with Gasteiger partial charge in [0.15, 0.2) is 0 Å². The van der Waals surface area contributed by atoms with E-state index in [9.17, 15) is 4.79 Å². The van der Waals surface area contributed by atoms with Crippen molar-refractivity contribution >= 4 is 5.91 Å². The van der Waals surface area contributed by atoms with Crippen molar-refractivity contribution < 1.29 is 9.90 Å². The number of aliphatic hydroxyl groups is 1. The molecule has 1 aromatic carbocycles. The summed E-state index contributed by atoms with van der Waals surface area (Å²) >= 11 is 0. The second-order valence-corrected chi connectivity index (χ2v) is 5.93. The van der Waals surface area contributed by atoms with Crippen LogP contribution in [0.4, 0.5) is 0 Å². The summed E-state index contributed by atoms with van der Waals surface area (Å²) in [6.45, 7) is 3.88. The Kier molecular flexibility index (Phi) is 3.31. The molecule has 0 aromatic heterocycles. The molecule has 1 saturated carbocycles. The fourth-order valence-corrected chi connectivity index (χ4v) is 3.23. The van der Waals surface area contributed by atoms with Crippen molar-refractivity contribution in [2.45, 2.75) is 25.7 Å². The van der Waals surface area contributed by atoms with E-state index in [1.165, 1.54) is 11.1 Å². The van der Waals surface area contributed by atoms with Crippen LogP contribution < -0.4 is 0 Å². The van der Waals surface area contributed by atoms with Crippen molar-refractivity contribution in [1.82, 2.24) is 4.90 Å². The molecule has 1 amide bonds. The van der Waals surface area contributed by atoms with Crippen LogP contribution >= 0.6 is 0 Å². The third kappa shape index (κ3) is 2.39. The molecule has 1 aliphatic carbocycles. The molecule has 0 spiro atoms. The lowest BCUT2D eigenvalue weighted by Gasteiger charge is -2.16.